The molecule has 0 saturated carbocycles. The Kier molecular flexibility index (Phi) is 4.96. The zero-order valence-corrected chi connectivity index (χ0v) is 14.7. The van der Waals surface area contributed by atoms with Crippen molar-refractivity contribution in [1.29, 1.82) is 5.26 Å². The van der Waals surface area contributed by atoms with Gasteiger partial charge in [0.2, 0.25) is 0 Å². The quantitative estimate of drug-likeness (QED) is 0.307. The molecule has 1 heterocycles. The molecule has 0 spiro atoms. The second kappa shape index (κ2) is 7.33. The van der Waals surface area contributed by atoms with Gasteiger partial charge in [-0.25, -0.2) is 4.39 Å². The number of nitrogens with zero attached hydrogens (tertiary/aromatic N) is 2. The third-order valence-electron chi connectivity index (χ3n) is 3.61. The smallest absolute Gasteiger partial charge is 0.283 e. The molecule has 0 aliphatic carbocycles. The number of hydrogen-bond acceptors (Lipinski definition) is 4. The van der Waals surface area contributed by atoms with Gasteiger partial charge in [-0.1, -0.05) is 28.1 Å². The van der Waals surface area contributed by atoms with Gasteiger partial charge in [0, 0.05) is 4.47 Å². The van der Waals surface area contributed by atoms with Gasteiger partial charge in [-0.2, -0.15) is 5.26 Å². The maximum Gasteiger partial charge on any atom is 0.283 e. The first-order valence-corrected chi connectivity index (χ1v) is 8.19. The van der Waals surface area contributed by atoms with Crippen molar-refractivity contribution in [1.82, 2.24) is 0 Å². The van der Waals surface area contributed by atoms with E-state index in [1.54, 1.807) is 30.3 Å². The number of nitro groups is 1. The average Bonchev–Trinajstić information content (AvgIpc) is 3.09. The SMILES string of the molecule is N#CC(=Cc1ccc(-c2ccc(F)cc2[N+](=O)[O-])o1)c1ccc(Br)cc1. The molecule has 3 aromatic rings. The summed E-state index contributed by atoms with van der Waals surface area (Å²) in [5.41, 5.74) is 0.870. The largest absolute Gasteiger partial charge is 0.456 e. The molecular weight excluding hydrogens is 403 g/mol. The van der Waals surface area contributed by atoms with Gasteiger partial charge in [0.15, 0.2) is 0 Å². The first-order valence-electron chi connectivity index (χ1n) is 7.40. The summed E-state index contributed by atoms with van der Waals surface area (Å²) < 4.78 is 19.8. The standard InChI is InChI=1S/C19H10BrFN2O3/c20-14-3-1-12(2-4-14)13(11-22)9-16-6-8-19(26-16)17-7-5-15(21)10-18(17)23(24)25/h1-10H. The number of nitriles is 1. The highest BCUT2D eigenvalue weighted by Crippen LogP contribution is 2.32. The van der Waals surface area contributed by atoms with Gasteiger partial charge < -0.3 is 4.42 Å². The van der Waals surface area contributed by atoms with Crippen LogP contribution in [0.2, 0.25) is 0 Å². The van der Waals surface area contributed by atoms with E-state index in [0.717, 1.165) is 16.6 Å². The van der Waals surface area contributed by atoms with Gasteiger partial charge in [0.05, 0.1) is 28.2 Å². The average molecular weight is 413 g/mol. The van der Waals surface area contributed by atoms with Crippen LogP contribution in [0.25, 0.3) is 23.0 Å². The normalized spacial score (nSPS) is 11.2. The van der Waals surface area contributed by atoms with Gasteiger partial charge in [0.1, 0.15) is 17.3 Å². The van der Waals surface area contributed by atoms with E-state index in [4.69, 9.17) is 4.42 Å². The lowest BCUT2D eigenvalue weighted by molar-refractivity contribution is -0.384. The lowest BCUT2D eigenvalue weighted by atomic mass is 10.1. The Bertz CT molecular complexity index is 1050. The lowest BCUT2D eigenvalue weighted by Crippen LogP contribution is -1.92. The fourth-order valence-electron chi connectivity index (χ4n) is 2.39. The molecule has 0 radical (unpaired) electrons. The Morgan fingerprint density at radius 1 is 1.19 bits per heavy atom. The van der Waals surface area contributed by atoms with Crippen LogP contribution in [0.3, 0.4) is 0 Å². The first kappa shape index (κ1) is 17.6. The van der Waals surface area contributed by atoms with Crippen molar-refractivity contribution in [3.63, 3.8) is 0 Å². The Balaban J connectivity index is 1.99. The van der Waals surface area contributed by atoms with Gasteiger partial charge >= 0.3 is 0 Å². The van der Waals surface area contributed by atoms with Crippen LogP contribution < -0.4 is 0 Å². The van der Waals surface area contributed by atoms with Gasteiger partial charge in [-0.05, 0) is 48.0 Å². The highest BCUT2D eigenvalue weighted by molar-refractivity contribution is 9.10. The second-order valence-corrected chi connectivity index (χ2v) is 6.21. The predicted molar refractivity (Wildman–Crippen MR) is 98.4 cm³/mol. The molecule has 0 N–H and O–H groups in total. The number of hydrogen-bond donors (Lipinski definition) is 0. The van der Waals surface area contributed by atoms with E-state index < -0.39 is 10.7 Å². The molecule has 0 aliphatic heterocycles. The summed E-state index contributed by atoms with van der Waals surface area (Å²) in [7, 11) is 0. The van der Waals surface area contributed by atoms with Crippen LogP contribution in [-0.4, -0.2) is 4.92 Å². The molecule has 0 bridgehead atoms. The van der Waals surface area contributed by atoms with Crippen molar-refractivity contribution in [3.05, 3.63) is 86.3 Å². The number of halogens is 2. The number of furan rings is 1. The number of rotatable bonds is 4. The molecule has 26 heavy (non-hydrogen) atoms. The summed E-state index contributed by atoms with van der Waals surface area (Å²) in [4.78, 5) is 10.5. The summed E-state index contributed by atoms with van der Waals surface area (Å²) in [6, 6.07) is 15.7. The molecule has 7 heteroatoms. The molecule has 0 unspecified atom stereocenters. The van der Waals surface area contributed by atoms with Crippen LogP contribution in [0.5, 0.6) is 0 Å². The maximum atomic E-state index is 13.3. The van der Waals surface area contributed by atoms with Gasteiger partial charge in [-0.3, -0.25) is 10.1 Å². The van der Waals surface area contributed by atoms with Crippen LogP contribution in [0.1, 0.15) is 11.3 Å². The van der Waals surface area contributed by atoms with E-state index in [0.29, 0.717) is 16.9 Å². The summed E-state index contributed by atoms with van der Waals surface area (Å²) in [5.74, 6) is -0.122. The van der Waals surface area contributed by atoms with E-state index in [1.807, 2.05) is 12.1 Å². The molecule has 5 nitrogen and oxygen atoms in total. The van der Waals surface area contributed by atoms with Crippen molar-refractivity contribution in [2.75, 3.05) is 0 Å². The van der Waals surface area contributed by atoms with E-state index in [-0.39, 0.29) is 17.0 Å². The van der Waals surface area contributed by atoms with E-state index in [9.17, 15) is 19.8 Å². The van der Waals surface area contributed by atoms with Crippen LogP contribution >= 0.6 is 15.9 Å². The fourth-order valence-corrected chi connectivity index (χ4v) is 2.66. The highest BCUT2D eigenvalue weighted by atomic mass is 79.9. The summed E-state index contributed by atoms with van der Waals surface area (Å²) in [6.45, 7) is 0. The van der Waals surface area contributed by atoms with Crippen molar-refractivity contribution in [2.24, 2.45) is 0 Å². The Morgan fingerprint density at radius 2 is 1.92 bits per heavy atom. The third-order valence-corrected chi connectivity index (χ3v) is 4.14. The fraction of sp³-hybridized carbons (Fsp3) is 0. The molecule has 3 rings (SSSR count). The molecule has 0 aliphatic rings. The Morgan fingerprint density at radius 3 is 2.58 bits per heavy atom. The second-order valence-electron chi connectivity index (χ2n) is 5.30. The van der Waals surface area contributed by atoms with Crippen molar-refractivity contribution < 1.29 is 13.7 Å². The molecule has 0 amide bonds. The molecule has 0 atom stereocenters. The van der Waals surface area contributed by atoms with Crippen LogP contribution in [0.4, 0.5) is 10.1 Å². The zero-order valence-electron chi connectivity index (χ0n) is 13.1. The lowest BCUT2D eigenvalue weighted by Gasteiger charge is -2.00. The molecule has 0 saturated heterocycles. The van der Waals surface area contributed by atoms with Crippen molar-refractivity contribution in [2.45, 2.75) is 0 Å². The Labute approximate surface area is 156 Å². The number of nitro benzene ring substituents is 1. The van der Waals surface area contributed by atoms with Crippen LogP contribution in [0.15, 0.2) is 63.5 Å². The number of benzene rings is 2. The topological polar surface area (TPSA) is 80.1 Å². The minimum absolute atomic E-state index is 0.165. The van der Waals surface area contributed by atoms with Crippen molar-refractivity contribution >= 4 is 33.3 Å². The predicted octanol–water partition coefficient (Wildman–Crippen LogP) is 5.82. The molecular formula is C19H10BrFN2O3. The minimum Gasteiger partial charge on any atom is -0.456 e. The van der Waals surface area contributed by atoms with Crippen molar-refractivity contribution in [3.8, 4) is 17.4 Å². The van der Waals surface area contributed by atoms with Crippen LogP contribution in [0, 0.1) is 27.3 Å². The monoisotopic (exact) mass is 412 g/mol. The molecule has 0 fully saturated rings. The Hall–Kier alpha value is -3.24. The minimum atomic E-state index is -0.700. The molecule has 2 aromatic carbocycles. The highest BCUT2D eigenvalue weighted by Gasteiger charge is 2.19. The summed E-state index contributed by atoms with van der Waals surface area (Å²) in [5, 5.41) is 20.5. The zero-order chi connectivity index (χ0) is 18.7. The third kappa shape index (κ3) is 3.71. The molecule has 128 valence electrons. The van der Waals surface area contributed by atoms with Gasteiger partial charge in [0.25, 0.3) is 5.69 Å². The summed E-state index contributed by atoms with van der Waals surface area (Å²) >= 11 is 3.33. The van der Waals surface area contributed by atoms with E-state index in [1.165, 1.54) is 6.07 Å². The molecule has 1 aromatic heterocycles. The maximum absolute atomic E-state index is 13.3. The van der Waals surface area contributed by atoms with Gasteiger partial charge in [-0.15, -0.1) is 0 Å². The first-order chi connectivity index (χ1) is 12.5. The van der Waals surface area contributed by atoms with E-state index in [2.05, 4.69) is 22.0 Å². The number of allylic oxidation sites excluding steroid dienone is 1. The van der Waals surface area contributed by atoms with Crippen LogP contribution in [-0.2, 0) is 0 Å². The summed E-state index contributed by atoms with van der Waals surface area (Å²) in [6.07, 6.45) is 1.54. The van der Waals surface area contributed by atoms with E-state index >= 15 is 0 Å².